The number of hydrogen-bond donors (Lipinski definition) is 1. The van der Waals surface area contributed by atoms with E-state index in [9.17, 15) is 14.7 Å². The fourth-order valence-corrected chi connectivity index (χ4v) is 4.48. The van der Waals surface area contributed by atoms with Gasteiger partial charge in [-0.3, -0.25) is 9.59 Å². The number of likely N-dealkylation sites (tertiary alicyclic amines) is 1. The SMILES string of the molecule is CCOc1ccc(/C(O)=C2\C(=O)C(=O)N(CCCN(C)C)C2c2ccc(C(C)(C)C)cc2)c(C)c1. The van der Waals surface area contributed by atoms with Gasteiger partial charge in [-0.2, -0.15) is 0 Å². The second kappa shape index (κ2) is 10.6. The molecule has 1 N–H and O–H groups in total. The number of nitrogens with zero attached hydrogens (tertiary/aromatic N) is 2. The van der Waals surface area contributed by atoms with Gasteiger partial charge in [0.1, 0.15) is 11.5 Å². The van der Waals surface area contributed by atoms with E-state index < -0.39 is 17.7 Å². The molecule has 1 fully saturated rings. The molecule has 3 rings (SSSR count). The third kappa shape index (κ3) is 5.76. The molecule has 6 heteroatoms. The molecule has 188 valence electrons. The van der Waals surface area contributed by atoms with Crippen molar-refractivity contribution < 1.29 is 19.4 Å². The first-order valence-corrected chi connectivity index (χ1v) is 12.2. The molecule has 1 aliphatic rings. The van der Waals surface area contributed by atoms with Crippen LogP contribution in [0.4, 0.5) is 0 Å². The lowest BCUT2D eigenvalue weighted by atomic mass is 9.85. The minimum atomic E-state index is -0.648. The molecule has 1 heterocycles. The van der Waals surface area contributed by atoms with E-state index in [1.165, 1.54) is 0 Å². The van der Waals surface area contributed by atoms with E-state index in [2.05, 4.69) is 20.8 Å². The minimum absolute atomic E-state index is 0.0224. The monoisotopic (exact) mass is 478 g/mol. The third-order valence-corrected chi connectivity index (χ3v) is 6.40. The molecule has 1 aliphatic heterocycles. The van der Waals surface area contributed by atoms with Gasteiger partial charge in [0.05, 0.1) is 18.2 Å². The Morgan fingerprint density at radius 3 is 2.29 bits per heavy atom. The molecule has 1 saturated heterocycles. The molecule has 2 aromatic rings. The third-order valence-electron chi connectivity index (χ3n) is 6.40. The van der Waals surface area contributed by atoms with Crippen molar-refractivity contribution in [2.24, 2.45) is 0 Å². The first kappa shape index (κ1) is 26.5. The lowest BCUT2D eigenvalue weighted by Gasteiger charge is -2.27. The van der Waals surface area contributed by atoms with Crippen molar-refractivity contribution in [1.29, 1.82) is 0 Å². The number of hydrogen-bond acceptors (Lipinski definition) is 5. The molecular weight excluding hydrogens is 440 g/mol. The van der Waals surface area contributed by atoms with Crippen LogP contribution >= 0.6 is 0 Å². The highest BCUT2D eigenvalue weighted by atomic mass is 16.5. The molecule has 1 atom stereocenters. The van der Waals surface area contributed by atoms with Crippen LogP contribution in [0.25, 0.3) is 5.76 Å². The quantitative estimate of drug-likeness (QED) is 0.326. The second-order valence-corrected chi connectivity index (χ2v) is 10.4. The predicted octanol–water partition coefficient (Wildman–Crippen LogP) is 5.06. The highest BCUT2D eigenvalue weighted by molar-refractivity contribution is 6.46. The van der Waals surface area contributed by atoms with Gasteiger partial charge in [-0.25, -0.2) is 0 Å². The van der Waals surface area contributed by atoms with Crippen molar-refractivity contribution in [3.8, 4) is 5.75 Å². The lowest BCUT2D eigenvalue weighted by Crippen LogP contribution is -2.32. The average Bonchev–Trinajstić information content (AvgIpc) is 3.03. The summed E-state index contributed by atoms with van der Waals surface area (Å²) in [6.07, 6.45) is 0.721. The highest BCUT2D eigenvalue weighted by Gasteiger charge is 2.46. The van der Waals surface area contributed by atoms with Gasteiger partial charge in [0.25, 0.3) is 11.7 Å². The van der Waals surface area contributed by atoms with E-state index >= 15 is 0 Å². The van der Waals surface area contributed by atoms with Gasteiger partial charge in [-0.15, -0.1) is 0 Å². The summed E-state index contributed by atoms with van der Waals surface area (Å²) >= 11 is 0. The topological polar surface area (TPSA) is 70.1 Å². The smallest absolute Gasteiger partial charge is 0.295 e. The summed E-state index contributed by atoms with van der Waals surface area (Å²) in [4.78, 5) is 30.1. The zero-order valence-electron chi connectivity index (χ0n) is 22.0. The number of carbonyl (C=O) groups excluding carboxylic acids is 2. The van der Waals surface area contributed by atoms with Crippen molar-refractivity contribution in [2.45, 2.75) is 52.5 Å². The highest BCUT2D eigenvalue weighted by Crippen LogP contribution is 2.40. The normalized spacial score (nSPS) is 17.9. The van der Waals surface area contributed by atoms with Gasteiger partial charge in [0.15, 0.2) is 0 Å². The summed E-state index contributed by atoms with van der Waals surface area (Å²) in [5.74, 6) is -0.673. The van der Waals surface area contributed by atoms with Gasteiger partial charge in [-0.1, -0.05) is 45.0 Å². The molecule has 0 bridgehead atoms. The molecule has 0 aromatic heterocycles. The van der Waals surface area contributed by atoms with Crippen LogP contribution in [0, 0.1) is 6.92 Å². The predicted molar refractivity (Wildman–Crippen MR) is 140 cm³/mol. The Bertz CT molecular complexity index is 1110. The molecule has 0 saturated carbocycles. The Hall–Kier alpha value is -3.12. The molecule has 0 aliphatic carbocycles. The standard InChI is InChI=1S/C29H38N2O4/c1-8-35-22-14-15-23(19(2)18-22)26(32)24-25(20-10-12-21(13-11-20)29(3,4)5)31(28(34)27(24)33)17-9-16-30(6)7/h10-15,18,25,32H,8-9,16-17H2,1-7H3/b26-24+. The second-order valence-electron chi connectivity index (χ2n) is 10.4. The van der Waals surface area contributed by atoms with Crippen LogP contribution in [-0.2, 0) is 15.0 Å². The number of rotatable bonds is 8. The van der Waals surface area contributed by atoms with Crippen LogP contribution in [0.3, 0.4) is 0 Å². The van der Waals surface area contributed by atoms with Gasteiger partial charge in [0, 0.05) is 12.1 Å². The summed E-state index contributed by atoms with van der Waals surface area (Å²) in [5.41, 5.74) is 3.38. The van der Waals surface area contributed by atoms with Crippen LogP contribution in [0.5, 0.6) is 5.75 Å². The van der Waals surface area contributed by atoms with Crippen LogP contribution in [-0.4, -0.2) is 60.4 Å². The number of carbonyl (C=O) groups is 2. The van der Waals surface area contributed by atoms with Crippen LogP contribution < -0.4 is 4.74 Å². The van der Waals surface area contributed by atoms with E-state index in [0.29, 0.717) is 24.5 Å². The van der Waals surface area contributed by atoms with Crippen molar-refractivity contribution >= 4 is 17.4 Å². The van der Waals surface area contributed by atoms with E-state index in [0.717, 1.165) is 29.7 Å². The molecule has 35 heavy (non-hydrogen) atoms. The van der Waals surface area contributed by atoms with Crippen molar-refractivity contribution in [2.75, 3.05) is 33.8 Å². The van der Waals surface area contributed by atoms with Gasteiger partial charge >= 0.3 is 0 Å². The van der Waals surface area contributed by atoms with Crippen molar-refractivity contribution in [3.63, 3.8) is 0 Å². The maximum absolute atomic E-state index is 13.3. The molecule has 1 unspecified atom stereocenters. The summed E-state index contributed by atoms with van der Waals surface area (Å²) < 4.78 is 5.56. The van der Waals surface area contributed by atoms with Crippen LogP contribution in [0.1, 0.15) is 62.4 Å². The Kier molecular flexibility index (Phi) is 8.06. The Balaban J connectivity index is 2.11. The van der Waals surface area contributed by atoms with Crippen molar-refractivity contribution in [3.05, 3.63) is 70.3 Å². The molecule has 2 aromatic carbocycles. The minimum Gasteiger partial charge on any atom is -0.507 e. The number of aliphatic hydroxyl groups excluding tert-OH is 1. The average molecular weight is 479 g/mol. The zero-order valence-corrected chi connectivity index (χ0v) is 22.0. The largest absolute Gasteiger partial charge is 0.507 e. The summed E-state index contributed by atoms with van der Waals surface area (Å²) in [7, 11) is 3.96. The molecular formula is C29H38N2O4. The fraction of sp³-hybridized carbons (Fsp3) is 0.448. The van der Waals surface area contributed by atoms with Crippen molar-refractivity contribution in [1.82, 2.24) is 9.80 Å². The lowest BCUT2D eigenvalue weighted by molar-refractivity contribution is -0.139. The number of benzene rings is 2. The summed E-state index contributed by atoms with van der Waals surface area (Å²) in [5, 5.41) is 11.4. The maximum atomic E-state index is 13.3. The molecule has 6 nitrogen and oxygen atoms in total. The number of amides is 1. The molecule has 1 amide bonds. The van der Waals surface area contributed by atoms with E-state index in [1.807, 2.05) is 63.2 Å². The zero-order chi connectivity index (χ0) is 25.9. The molecule has 0 spiro atoms. The fourth-order valence-electron chi connectivity index (χ4n) is 4.48. The van der Waals surface area contributed by atoms with Crippen LogP contribution in [0.15, 0.2) is 48.0 Å². The van der Waals surface area contributed by atoms with Crippen LogP contribution in [0.2, 0.25) is 0 Å². The molecule has 0 radical (unpaired) electrons. The first-order valence-electron chi connectivity index (χ1n) is 12.2. The Morgan fingerprint density at radius 1 is 1.09 bits per heavy atom. The van der Waals surface area contributed by atoms with Gasteiger partial charge < -0.3 is 19.6 Å². The number of Topliss-reactive ketones (excluding diaryl/α,β-unsaturated/α-hetero) is 1. The number of aliphatic hydroxyl groups is 1. The maximum Gasteiger partial charge on any atom is 0.295 e. The number of ketones is 1. The van der Waals surface area contributed by atoms with Gasteiger partial charge in [0.2, 0.25) is 0 Å². The Labute approximate surface area is 209 Å². The van der Waals surface area contributed by atoms with E-state index in [4.69, 9.17) is 4.74 Å². The summed E-state index contributed by atoms with van der Waals surface area (Å²) in [6, 6.07) is 12.7. The Morgan fingerprint density at radius 2 is 1.74 bits per heavy atom. The number of ether oxygens (including phenoxy) is 1. The first-order chi connectivity index (χ1) is 16.5. The van der Waals surface area contributed by atoms with Gasteiger partial charge in [-0.05, 0) is 81.2 Å². The van der Waals surface area contributed by atoms with E-state index in [1.54, 1.807) is 17.0 Å². The summed E-state index contributed by atoms with van der Waals surface area (Å²) in [6.45, 7) is 11.9. The van der Waals surface area contributed by atoms with E-state index in [-0.39, 0.29) is 16.7 Å². The number of aryl methyl sites for hydroxylation is 1.